The Hall–Kier alpha value is -1.68. The van der Waals surface area contributed by atoms with Crippen molar-refractivity contribution in [2.45, 2.75) is 37.1 Å². The molecule has 122 valence electrons. The van der Waals surface area contributed by atoms with Crippen molar-refractivity contribution in [3.63, 3.8) is 0 Å². The molecular formula is C18H20ClNO3. The van der Waals surface area contributed by atoms with E-state index < -0.39 is 0 Å². The molecule has 2 heterocycles. The lowest BCUT2D eigenvalue weighted by Gasteiger charge is -2.46. The molecule has 0 aromatic heterocycles. The predicted molar refractivity (Wildman–Crippen MR) is 88.1 cm³/mol. The van der Waals surface area contributed by atoms with Crippen LogP contribution in [-0.4, -0.2) is 35.6 Å². The van der Waals surface area contributed by atoms with E-state index in [4.69, 9.17) is 21.1 Å². The van der Waals surface area contributed by atoms with Crippen LogP contribution in [0.4, 0.5) is 0 Å². The summed E-state index contributed by atoms with van der Waals surface area (Å²) < 4.78 is 11.0. The Bertz CT molecular complexity index is 660. The van der Waals surface area contributed by atoms with Gasteiger partial charge in [-0.15, -0.1) is 11.6 Å². The van der Waals surface area contributed by atoms with Gasteiger partial charge in [-0.2, -0.15) is 0 Å². The molecule has 3 aliphatic rings. The van der Waals surface area contributed by atoms with Crippen molar-refractivity contribution in [2.24, 2.45) is 0 Å². The molecule has 5 heteroatoms. The number of halogens is 1. The van der Waals surface area contributed by atoms with Gasteiger partial charge < -0.3 is 14.4 Å². The Kier molecular flexibility index (Phi) is 3.72. The van der Waals surface area contributed by atoms with E-state index in [0.717, 1.165) is 30.8 Å². The van der Waals surface area contributed by atoms with Crippen LogP contribution < -0.4 is 9.47 Å². The van der Waals surface area contributed by atoms with E-state index in [9.17, 15) is 4.79 Å². The number of nitrogens with zero attached hydrogens (tertiary/aromatic N) is 1. The van der Waals surface area contributed by atoms with E-state index in [1.807, 2.05) is 11.0 Å². The Labute approximate surface area is 141 Å². The lowest BCUT2D eigenvalue weighted by Crippen LogP contribution is -2.51. The fourth-order valence-electron chi connectivity index (χ4n) is 4.31. The first-order chi connectivity index (χ1) is 11.2. The predicted octanol–water partition coefficient (Wildman–Crippen LogP) is 3.45. The van der Waals surface area contributed by atoms with Crippen molar-refractivity contribution < 1.29 is 14.3 Å². The summed E-state index contributed by atoms with van der Waals surface area (Å²) in [4.78, 5) is 14.4. The van der Waals surface area contributed by atoms with Gasteiger partial charge in [-0.05, 0) is 37.0 Å². The Morgan fingerprint density at radius 3 is 3.00 bits per heavy atom. The summed E-state index contributed by atoms with van der Waals surface area (Å²) in [6.45, 7) is 0.903. The van der Waals surface area contributed by atoms with Crippen molar-refractivity contribution >= 4 is 17.5 Å². The van der Waals surface area contributed by atoms with Crippen molar-refractivity contribution in [3.05, 3.63) is 35.9 Å². The lowest BCUT2D eigenvalue weighted by molar-refractivity contribution is -0.131. The molecule has 1 aliphatic carbocycles. The second-order valence-corrected chi connectivity index (χ2v) is 6.79. The smallest absolute Gasteiger partial charge is 0.231 e. The Morgan fingerprint density at radius 2 is 2.13 bits per heavy atom. The zero-order valence-corrected chi connectivity index (χ0v) is 13.7. The largest absolute Gasteiger partial charge is 0.454 e. The summed E-state index contributed by atoms with van der Waals surface area (Å²) in [6, 6.07) is 6.17. The number of alkyl halides is 1. The van der Waals surface area contributed by atoms with Gasteiger partial charge in [0.15, 0.2) is 11.5 Å². The first kappa shape index (κ1) is 14.9. The van der Waals surface area contributed by atoms with E-state index in [0.29, 0.717) is 18.8 Å². The number of hydrogen-bond donors (Lipinski definition) is 0. The number of likely N-dealkylation sites (tertiary alicyclic amines) is 1. The molecule has 0 saturated carbocycles. The molecule has 0 bridgehead atoms. The Balaban J connectivity index is 1.73. The monoisotopic (exact) mass is 333 g/mol. The highest BCUT2D eigenvalue weighted by molar-refractivity contribution is 6.18. The second-order valence-electron chi connectivity index (χ2n) is 6.41. The minimum Gasteiger partial charge on any atom is -0.454 e. The summed E-state index contributed by atoms with van der Waals surface area (Å²) in [5, 5.41) is 0. The van der Waals surface area contributed by atoms with E-state index in [-0.39, 0.29) is 24.2 Å². The van der Waals surface area contributed by atoms with Crippen molar-refractivity contribution in [3.8, 4) is 11.5 Å². The number of benzene rings is 1. The molecule has 1 aromatic carbocycles. The fourth-order valence-corrected chi connectivity index (χ4v) is 4.47. The number of ether oxygens (including phenoxy) is 2. The third-order valence-electron chi connectivity index (χ3n) is 5.38. The van der Waals surface area contributed by atoms with E-state index in [2.05, 4.69) is 24.3 Å². The average Bonchev–Trinajstić information content (AvgIpc) is 3.15. The van der Waals surface area contributed by atoms with E-state index in [1.54, 1.807) is 0 Å². The number of amides is 1. The van der Waals surface area contributed by atoms with Gasteiger partial charge in [0.05, 0.1) is 5.54 Å². The number of rotatable bonds is 3. The molecule has 23 heavy (non-hydrogen) atoms. The van der Waals surface area contributed by atoms with E-state index in [1.165, 1.54) is 5.56 Å². The number of carbonyl (C=O) groups excluding carboxylic acids is 1. The summed E-state index contributed by atoms with van der Waals surface area (Å²) in [5.41, 5.74) is 1.07. The fraction of sp³-hybridized carbons (Fsp3) is 0.500. The number of hydrogen-bond acceptors (Lipinski definition) is 3. The molecule has 0 radical (unpaired) electrons. The quantitative estimate of drug-likeness (QED) is 0.628. The maximum atomic E-state index is 12.4. The van der Waals surface area contributed by atoms with Crippen LogP contribution in [-0.2, 0) is 4.79 Å². The Morgan fingerprint density at radius 1 is 1.26 bits per heavy atom. The maximum absolute atomic E-state index is 12.4. The van der Waals surface area contributed by atoms with Crippen molar-refractivity contribution in [2.75, 3.05) is 19.2 Å². The number of allylic oxidation sites excluding steroid dienone is 1. The SMILES string of the molecule is O=C1CC[C@@]2(CC=CC[C@H]2c2ccc3c(c2)OCO3)N1CCCl. The molecule has 1 amide bonds. The van der Waals surface area contributed by atoms with Gasteiger partial charge in [-0.1, -0.05) is 18.2 Å². The normalized spacial score (nSPS) is 28.8. The van der Waals surface area contributed by atoms with Crippen LogP contribution in [0.1, 0.15) is 37.2 Å². The first-order valence-corrected chi connectivity index (χ1v) is 8.69. The molecule has 1 spiro atoms. The molecule has 4 rings (SSSR count). The molecule has 1 aromatic rings. The average molecular weight is 334 g/mol. The van der Waals surface area contributed by atoms with Crippen LogP contribution in [0.25, 0.3) is 0 Å². The van der Waals surface area contributed by atoms with Gasteiger partial charge in [0.1, 0.15) is 0 Å². The minimum absolute atomic E-state index is 0.144. The van der Waals surface area contributed by atoms with Gasteiger partial charge in [0.2, 0.25) is 12.7 Å². The highest BCUT2D eigenvalue weighted by Crippen LogP contribution is 2.50. The topological polar surface area (TPSA) is 38.8 Å². The van der Waals surface area contributed by atoms with Crippen molar-refractivity contribution in [1.29, 1.82) is 0 Å². The molecule has 4 nitrogen and oxygen atoms in total. The zero-order chi connectivity index (χ0) is 15.9. The van der Waals surface area contributed by atoms with Gasteiger partial charge >= 0.3 is 0 Å². The number of carbonyl (C=O) groups is 1. The van der Waals surface area contributed by atoms with Gasteiger partial charge in [0.25, 0.3) is 0 Å². The summed E-state index contributed by atoms with van der Waals surface area (Å²) in [7, 11) is 0. The van der Waals surface area contributed by atoms with Crippen LogP contribution in [0.5, 0.6) is 11.5 Å². The summed E-state index contributed by atoms with van der Waals surface area (Å²) in [6.07, 6.45) is 7.78. The van der Waals surface area contributed by atoms with Crippen LogP contribution in [0.3, 0.4) is 0 Å². The second kappa shape index (κ2) is 5.75. The van der Waals surface area contributed by atoms with Crippen LogP contribution in [0.2, 0.25) is 0 Å². The standard InChI is InChI=1S/C18H20ClNO3/c19-9-10-20-17(21)6-8-18(20)7-2-1-3-14(18)13-4-5-15-16(11-13)23-12-22-15/h1-2,4-5,11,14H,3,6-10,12H2/t14-,18+/m0/s1. The highest BCUT2D eigenvalue weighted by atomic mass is 35.5. The zero-order valence-electron chi connectivity index (χ0n) is 13.0. The van der Waals surface area contributed by atoms with Crippen LogP contribution in [0.15, 0.2) is 30.4 Å². The summed E-state index contributed by atoms with van der Waals surface area (Å²) >= 11 is 5.97. The first-order valence-electron chi connectivity index (χ1n) is 8.15. The van der Waals surface area contributed by atoms with E-state index >= 15 is 0 Å². The molecule has 2 atom stereocenters. The molecule has 1 fully saturated rings. The lowest BCUT2D eigenvalue weighted by atomic mass is 9.70. The van der Waals surface area contributed by atoms with Crippen molar-refractivity contribution in [1.82, 2.24) is 4.90 Å². The third-order valence-corrected chi connectivity index (χ3v) is 5.54. The van der Waals surface area contributed by atoms with Gasteiger partial charge in [-0.25, -0.2) is 0 Å². The molecule has 1 saturated heterocycles. The maximum Gasteiger partial charge on any atom is 0.231 e. The summed E-state index contributed by atoms with van der Waals surface area (Å²) in [5.74, 6) is 2.59. The van der Waals surface area contributed by atoms with Crippen LogP contribution >= 0.6 is 11.6 Å². The molecular weight excluding hydrogens is 314 g/mol. The molecule has 0 N–H and O–H groups in total. The molecule has 0 unspecified atom stereocenters. The highest BCUT2D eigenvalue weighted by Gasteiger charge is 2.50. The van der Waals surface area contributed by atoms with Crippen LogP contribution in [0, 0.1) is 0 Å². The minimum atomic E-state index is -0.144. The third kappa shape index (κ3) is 2.31. The van der Waals surface area contributed by atoms with Gasteiger partial charge in [0, 0.05) is 24.8 Å². The molecule has 2 aliphatic heterocycles. The van der Waals surface area contributed by atoms with Gasteiger partial charge in [-0.3, -0.25) is 4.79 Å². The number of fused-ring (bicyclic) bond motifs is 1.